The van der Waals surface area contributed by atoms with Gasteiger partial charge in [-0.25, -0.2) is 0 Å². The first-order valence-electron chi connectivity index (χ1n) is 12.4. The molecule has 2 atom stereocenters. The number of halogens is 1. The number of nitrogens with one attached hydrogen (secondary N) is 1. The number of pyridine rings is 1. The van der Waals surface area contributed by atoms with Crippen LogP contribution in [0.2, 0.25) is 5.02 Å². The van der Waals surface area contributed by atoms with Gasteiger partial charge in [0.15, 0.2) is 0 Å². The molecule has 1 saturated heterocycles. The molecule has 2 aliphatic heterocycles. The van der Waals surface area contributed by atoms with Crippen LogP contribution in [0, 0.1) is 12.8 Å². The maximum absolute atomic E-state index is 13.4. The lowest BCUT2D eigenvalue weighted by molar-refractivity contribution is -0.120. The summed E-state index contributed by atoms with van der Waals surface area (Å²) in [6, 6.07) is 4.46. The number of hydrogen-bond donors (Lipinski definition) is 1. The van der Waals surface area contributed by atoms with Gasteiger partial charge in [-0.15, -0.1) is 0 Å². The number of aliphatic imine (C=N–C) groups is 1. The average molecular weight is 514 g/mol. The molecular formula is C27H36ClN5O3. The zero-order valence-corrected chi connectivity index (χ0v) is 22.7. The first-order valence-corrected chi connectivity index (χ1v) is 12.8. The maximum atomic E-state index is 13.4. The molecule has 0 aromatic carbocycles. The Labute approximate surface area is 217 Å². The van der Waals surface area contributed by atoms with E-state index in [0.717, 1.165) is 48.3 Å². The summed E-state index contributed by atoms with van der Waals surface area (Å²) >= 11 is 6.40. The van der Waals surface area contributed by atoms with Crippen LogP contribution in [-0.2, 0) is 9.53 Å². The predicted octanol–water partition coefficient (Wildman–Crippen LogP) is 3.87. The number of aromatic nitrogens is 1. The van der Waals surface area contributed by atoms with Crippen LogP contribution in [0.4, 0.5) is 0 Å². The molecular weight excluding hydrogens is 478 g/mol. The lowest BCUT2D eigenvalue weighted by atomic mass is 9.96. The van der Waals surface area contributed by atoms with Crippen LogP contribution in [0.5, 0.6) is 0 Å². The van der Waals surface area contributed by atoms with Crippen LogP contribution in [0.25, 0.3) is 5.52 Å². The number of fused-ring (bicyclic) bond motifs is 1. The van der Waals surface area contributed by atoms with Gasteiger partial charge in [-0.2, -0.15) is 4.99 Å². The van der Waals surface area contributed by atoms with Crippen molar-refractivity contribution < 1.29 is 14.3 Å². The zero-order valence-electron chi connectivity index (χ0n) is 22.0. The highest BCUT2D eigenvalue weighted by molar-refractivity contribution is 6.31. The van der Waals surface area contributed by atoms with E-state index in [4.69, 9.17) is 16.3 Å². The van der Waals surface area contributed by atoms with Crippen molar-refractivity contribution in [1.82, 2.24) is 19.5 Å². The van der Waals surface area contributed by atoms with Crippen LogP contribution in [-0.4, -0.2) is 78.8 Å². The second-order valence-electron chi connectivity index (χ2n) is 10.1. The number of nitrogens with zero attached hydrogens (tertiary/aromatic N) is 4. The maximum Gasteiger partial charge on any atom is 0.257 e. The number of amides is 2. The van der Waals surface area contributed by atoms with E-state index >= 15 is 0 Å². The quantitative estimate of drug-likeness (QED) is 0.634. The van der Waals surface area contributed by atoms with Gasteiger partial charge < -0.3 is 19.4 Å². The molecule has 0 aliphatic carbocycles. The highest BCUT2D eigenvalue weighted by Gasteiger charge is 2.29. The zero-order chi connectivity index (χ0) is 26.1. The van der Waals surface area contributed by atoms with Crippen molar-refractivity contribution >= 4 is 34.8 Å². The van der Waals surface area contributed by atoms with E-state index < -0.39 is 5.92 Å². The Balaban J connectivity index is 1.59. The summed E-state index contributed by atoms with van der Waals surface area (Å²) < 4.78 is 7.19. The molecule has 8 nitrogen and oxygen atoms in total. The predicted molar refractivity (Wildman–Crippen MR) is 143 cm³/mol. The molecule has 9 heteroatoms. The van der Waals surface area contributed by atoms with Crippen LogP contribution in [0.15, 0.2) is 35.0 Å². The summed E-state index contributed by atoms with van der Waals surface area (Å²) in [5.41, 5.74) is 4.25. The minimum Gasteiger partial charge on any atom is -0.481 e. The Morgan fingerprint density at radius 2 is 1.97 bits per heavy atom. The normalized spacial score (nSPS) is 20.4. The number of rotatable bonds is 6. The van der Waals surface area contributed by atoms with E-state index in [1.165, 1.54) is 7.11 Å². The van der Waals surface area contributed by atoms with Gasteiger partial charge >= 0.3 is 0 Å². The number of carbonyl (C=O) groups is 2. The van der Waals surface area contributed by atoms with Gasteiger partial charge in [0, 0.05) is 60.8 Å². The molecule has 2 aromatic rings. The van der Waals surface area contributed by atoms with Crippen molar-refractivity contribution in [3.63, 3.8) is 0 Å². The van der Waals surface area contributed by atoms with E-state index in [2.05, 4.69) is 45.5 Å². The van der Waals surface area contributed by atoms with Crippen molar-refractivity contribution in [2.24, 2.45) is 10.9 Å². The Kier molecular flexibility index (Phi) is 7.87. The van der Waals surface area contributed by atoms with Crippen LogP contribution in [0.1, 0.15) is 54.3 Å². The molecule has 0 saturated carbocycles. The summed E-state index contributed by atoms with van der Waals surface area (Å²) in [5.74, 6) is -0.738. The highest BCUT2D eigenvalue weighted by Crippen LogP contribution is 2.32. The Bertz CT molecular complexity index is 1220. The van der Waals surface area contributed by atoms with Gasteiger partial charge in [0.25, 0.3) is 11.8 Å². The number of piperidine rings is 1. The molecule has 4 rings (SSSR count). The van der Waals surface area contributed by atoms with E-state index in [-0.39, 0.29) is 24.4 Å². The SMILES string of the molecule is COC1=NC(=O)C(CNC(=O)c2cc3cc(Cl)cn3c(C(C)N3CCC(N(C)C)CC3)c2C)C(C)=C1. The van der Waals surface area contributed by atoms with Crippen molar-refractivity contribution in [3.8, 4) is 0 Å². The van der Waals surface area contributed by atoms with Gasteiger partial charge in [-0.05, 0) is 65.4 Å². The monoisotopic (exact) mass is 513 g/mol. The van der Waals surface area contributed by atoms with Crippen molar-refractivity contribution in [2.75, 3.05) is 40.8 Å². The van der Waals surface area contributed by atoms with Gasteiger partial charge in [-0.1, -0.05) is 17.2 Å². The first kappa shape index (κ1) is 26.4. The van der Waals surface area contributed by atoms with Gasteiger partial charge in [0.05, 0.1) is 18.1 Å². The lowest BCUT2D eigenvalue weighted by Crippen LogP contribution is -2.43. The third-order valence-electron chi connectivity index (χ3n) is 7.67. The largest absolute Gasteiger partial charge is 0.481 e. The third kappa shape index (κ3) is 5.21. The molecule has 2 aromatic heterocycles. The second-order valence-corrected chi connectivity index (χ2v) is 10.5. The van der Waals surface area contributed by atoms with E-state index in [0.29, 0.717) is 22.5 Å². The minimum absolute atomic E-state index is 0.110. The molecule has 36 heavy (non-hydrogen) atoms. The van der Waals surface area contributed by atoms with Gasteiger partial charge in [-0.3, -0.25) is 14.5 Å². The molecule has 0 spiro atoms. The number of likely N-dealkylation sites (tertiary alicyclic amines) is 1. The fourth-order valence-electron chi connectivity index (χ4n) is 5.41. The first-order chi connectivity index (χ1) is 17.1. The van der Waals surface area contributed by atoms with E-state index in [9.17, 15) is 9.59 Å². The Hall–Kier alpha value is -2.68. The van der Waals surface area contributed by atoms with Crippen LogP contribution >= 0.6 is 11.6 Å². The Morgan fingerprint density at radius 1 is 1.28 bits per heavy atom. The summed E-state index contributed by atoms with van der Waals surface area (Å²) in [6.07, 6.45) is 5.88. The molecule has 1 fully saturated rings. The fourth-order valence-corrected chi connectivity index (χ4v) is 5.61. The van der Waals surface area contributed by atoms with Crippen molar-refractivity contribution in [2.45, 2.75) is 45.7 Å². The summed E-state index contributed by atoms with van der Waals surface area (Å²) in [4.78, 5) is 34.6. The molecule has 194 valence electrons. The molecule has 2 aliphatic rings. The topological polar surface area (TPSA) is 78.6 Å². The van der Waals surface area contributed by atoms with Crippen LogP contribution < -0.4 is 5.32 Å². The number of ether oxygens (including phenoxy) is 1. The number of methoxy groups -OCH3 is 1. The lowest BCUT2D eigenvalue weighted by Gasteiger charge is -2.39. The number of dihydropyridines is 1. The molecule has 2 amide bonds. The molecule has 2 unspecified atom stereocenters. The standard InChI is InChI=1S/C27H36ClN5O3/c1-16-11-24(36-6)30-27(35)23(16)14-29-26(34)22-13-21-12-19(28)15-33(21)25(17(22)2)18(3)32-9-7-20(8-10-32)31(4)5/h11-13,15,18,20,23H,7-10,14H2,1-6H3,(H,29,34). The summed E-state index contributed by atoms with van der Waals surface area (Å²) in [7, 11) is 5.76. The molecule has 0 radical (unpaired) electrons. The highest BCUT2D eigenvalue weighted by atomic mass is 35.5. The molecule has 4 heterocycles. The van der Waals surface area contributed by atoms with E-state index in [1.807, 2.05) is 32.2 Å². The Morgan fingerprint density at radius 3 is 2.58 bits per heavy atom. The fraction of sp³-hybridized carbons (Fsp3) is 0.519. The van der Waals surface area contributed by atoms with Gasteiger partial charge in [0.2, 0.25) is 5.90 Å². The van der Waals surface area contributed by atoms with Crippen molar-refractivity contribution in [3.05, 3.63) is 51.8 Å². The minimum atomic E-state index is -0.504. The van der Waals surface area contributed by atoms with Crippen molar-refractivity contribution in [1.29, 1.82) is 0 Å². The number of carbonyl (C=O) groups excluding carboxylic acids is 2. The second kappa shape index (κ2) is 10.7. The average Bonchev–Trinajstić information content (AvgIpc) is 3.22. The summed E-state index contributed by atoms with van der Waals surface area (Å²) in [6.45, 7) is 8.21. The smallest absolute Gasteiger partial charge is 0.257 e. The van der Waals surface area contributed by atoms with E-state index in [1.54, 1.807) is 6.08 Å². The summed E-state index contributed by atoms with van der Waals surface area (Å²) in [5, 5.41) is 3.60. The molecule has 1 N–H and O–H groups in total. The van der Waals surface area contributed by atoms with Gasteiger partial charge in [0.1, 0.15) is 0 Å². The third-order valence-corrected chi connectivity index (χ3v) is 7.88. The molecule has 0 bridgehead atoms. The number of hydrogen-bond acceptors (Lipinski definition) is 5. The van der Waals surface area contributed by atoms with Crippen LogP contribution in [0.3, 0.4) is 0 Å².